The molecule has 1 fully saturated rings. The van der Waals surface area contributed by atoms with Crippen molar-refractivity contribution in [1.29, 1.82) is 0 Å². The van der Waals surface area contributed by atoms with Crippen LogP contribution in [0.2, 0.25) is 0 Å². The zero-order valence-corrected chi connectivity index (χ0v) is 13.7. The third kappa shape index (κ3) is 4.06. The highest BCUT2D eigenvalue weighted by Gasteiger charge is 2.29. The van der Waals surface area contributed by atoms with Gasteiger partial charge in [-0.25, -0.2) is 4.79 Å². The lowest BCUT2D eigenvalue weighted by molar-refractivity contribution is 0.130. The number of hydrogen-bond acceptors (Lipinski definition) is 3. The van der Waals surface area contributed by atoms with Crippen molar-refractivity contribution in [2.75, 3.05) is 18.4 Å². The molecule has 2 aromatic rings. The van der Waals surface area contributed by atoms with E-state index in [-0.39, 0.29) is 18.1 Å². The maximum atomic E-state index is 12.3. The number of para-hydroxylation sites is 1. The third-order valence-corrected chi connectivity index (χ3v) is 4.26. The fourth-order valence-electron chi connectivity index (χ4n) is 2.83. The van der Waals surface area contributed by atoms with Gasteiger partial charge >= 0.3 is 6.03 Å². The Bertz CT molecular complexity index is 688. The summed E-state index contributed by atoms with van der Waals surface area (Å²) in [5, 5.41) is 12.5. The van der Waals surface area contributed by atoms with Gasteiger partial charge in [-0.1, -0.05) is 24.3 Å². The maximum Gasteiger partial charge on any atom is 0.321 e. The molecule has 0 aromatic heterocycles. The minimum atomic E-state index is -0.384. The van der Waals surface area contributed by atoms with Gasteiger partial charge in [0.1, 0.15) is 11.5 Å². The number of nitrogens with zero attached hydrogens (tertiary/aromatic N) is 1. The first-order valence-electron chi connectivity index (χ1n) is 8.19. The molecule has 5 nitrogen and oxygen atoms in total. The molecule has 2 aromatic carbocycles. The lowest BCUT2D eigenvalue weighted by Crippen LogP contribution is -2.34. The highest BCUT2D eigenvalue weighted by molar-refractivity contribution is 5.89. The van der Waals surface area contributed by atoms with E-state index in [0.717, 1.165) is 12.2 Å². The fourth-order valence-corrected chi connectivity index (χ4v) is 2.83. The van der Waals surface area contributed by atoms with Crippen LogP contribution in [0.25, 0.3) is 0 Å². The summed E-state index contributed by atoms with van der Waals surface area (Å²) in [6.07, 6.45) is 0.452. The van der Waals surface area contributed by atoms with E-state index in [1.165, 1.54) is 0 Å². The van der Waals surface area contributed by atoms with E-state index in [9.17, 15) is 9.90 Å². The van der Waals surface area contributed by atoms with Crippen LogP contribution in [0.5, 0.6) is 11.5 Å². The van der Waals surface area contributed by atoms with Gasteiger partial charge in [0.2, 0.25) is 0 Å². The number of carbonyl (C=O) groups is 1. The zero-order chi connectivity index (χ0) is 16.9. The van der Waals surface area contributed by atoms with E-state index in [1.54, 1.807) is 17.9 Å². The number of amides is 2. The number of hydrogen-bond donors (Lipinski definition) is 2. The van der Waals surface area contributed by atoms with Crippen LogP contribution in [-0.2, 0) is 0 Å². The minimum Gasteiger partial charge on any atom is -0.457 e. The molecule has 2 N–H and O–H groups in total. The predicted molar refractivity (Wildman–Crippen MR) is 93.3 cm³/mol. The molecule has 2 atom stereocenters. The van der Waals surface area contributed by atoms with Gasteiger partial charge in [0, 0.05) is 30.8 Å². The molecule has 126 valence electrons. The standard InChI is InChI=1S/C19H22N2O3/c1-14(22)15-10-11-21(13-15)19(23)20-16-6-5-9-18(12-16)24-17-7-3-2-4-8-17/h2-9,12,14-15,22H,10-11,13H2,1H3,(H,20,23)/t14-,15-/m1/s1. The Balaban J connectivity index is 1.61. The first-order valence-corrected chi connectivity index (χ1v) is 8.19. The summed E-state index contributed by atoms with van der Waals surface area (Å²) < 4.78 is 5.78. The number of aliphatic hydroxyl groups is 1. The number of nitrogens with one attached hydrogen (secondary N) is 1. The second-order valence-corrected chi connectivity index (χ2v) is 6.11. The molecule has 0 unspecified atom stereocenters. The van der Waals surface area contributed by atoms with Crippen LogP contribution in [0.3, 0.4) is 0 Å². The normalized spacial score (nSPS) is 18.2. The van der Waals surface area contributed by atoms with Crippen molar-refractivity contribution in [3.63, 3.8) is 0 Å². The van der Waals surface area contributed by atoms with Crippen molar-refractivity contribution >= 4 is 11.7 Å². The first-order chi connectivity index (χ1) is 11.6. The molecule has 3 rings (SSSR count). The molecule has 2 amide bonds. The number of carbonyl (C=O) groups excluding carboxylic acids is 1. The Morgan fingerprint density at radius 1 is 1.21 bits per heavy atom. The molecule has 0 bridgehead atoms. The third-order valence-electron chi connectivity index (χ3n) is 4.26. The van der Waals surface area contributed by atoms with Crippen molar-refractivity contribution in [1.82, 2.24) is 4.90 Å². The Kier molecular flexibility index (Phi) is 5.01. The highest BCUT2D eigenvalue weighted by Crippen LogP contribution is 2.25. The smallest absolute Gasteiger partial charge is 0.321 e. The number of rotatable bonds is 4. The molecule has 5 heteroatoms. The average molecular weight is 326 g/mol. The first kappa shape index (κ1) is 16.3. The fraction of sp³-hybridized carbons (Fsp3) is 0.316. The molecular weight excluding hydrogens is 304 g/mol. The van der Waals surface area contributed by atoms with Crippen LogP contribution in [0.4, 0.5) is 10.5 Å². The summed E-state index contributed by atoms with van der Waals surface area (Å²) in [5.74, 6) is 1.58. The molecule has 1 aliphatic heterocycles. The van der Waals surface area contributed by atoms with Crippen LogP contribution in [0, 0.1) is 5.92 Å². The summed E-state index contributed by atoms with van der Waals surface area (Å²) in [6, 6.07) is 16.7. The summed E-state index contributed by atoms with van der Waals surface area (Å²) in [4.78, 5) is 14.1. The van der Waals surface area contributed by atoms with E-state index in [0.29, 0.717) is 24.5 Å². The van der Waals surface area contributed by atoms with Crippen molar-refractivity contribution in [2.45, 2.75) is 19.4 Å². The lowest BCUT2D eigenvalue weighted by Gasteiger charge is -2.18. The van der Waals surface area contributed by atoms with Crippen molar-refractivity contribution in [2.24, 2.45) is 5.92 Å². The van der Waals surface area contributed by atoms with E-state index >= 15 is 0 Å². The van der Waals surface area contributed by atoms with E-state index < -0.39 is 0 Å². The lowest BCUT2D eigenvalue weighted by atomic mass is 10.0. The average Bonchev–Trinajstić information content (AvgIpc) is 3.06. The highest BCUT2D eigenvalue weighted by atomic mass is 16.5. The quantitative estimate of drug-likeness (QED) is 0.900. The van der Waals surface area contributed by atoms with Crippen LogP contribution in [0.15, 0.2) is 54.6 Å². The predicted octanol–water partition coefficient (Wildman–Crippen LogP) is 3.71. The van der Waals surface area contributed by atoms with E-state index in [1.807, 2.05) is 48.5 Å². The van der Waals surface area contributed by atoms with Gasteiger partial charge in [0.05, 0.1) is 6.10 Å². The van der Waals surface area contributed by atoms with Gasteiger partial charge in [0.25, 0.3) is 0 Å². The van der Waals surface area contributed by atoms with Crippen molar-refractivity contribution in [3.8, 4) is 11.5 Å². The Morgan fingerprint density at radius 3 is 2.67 bits per heavy atom. The van der Waals surface area contributed by atoms with Gasteiger partial charge in [-0.15, -0.1) is 0 Å². The Morgan fingerprint density at radius 2 is 1.96 bits per heavy atom. The summed E-state index contributed by atoms with van der Waals surface area (Å²) in [6.45, 7) is 3.03. The van der Waals surface area contributed by atoms with Crippen LogP contribution in [0.1, 0.15) is 13.3 Å². The molecular formula is C19H22N2O3. The number of likely N-dealkylation sites (tertiary alicyclic amines) is 1. The van der Waals surface area contributed by atoms with Crippen LogP contribution >= 0.6 is 0 Å². The van der Waals surface area contributed by atoms with Gasteiger partial charge in [-0.05, 0) is 37.6 Å². The topological polar surface area (TPSA) is 61.8 Å². The van der Waals surface area contributed by atoms with Crippen LogP contribution < -0.4 is 10.1 Å². The van der Waals surface area contributed by atoms with Gasteiger partial charge < -0.3 is 20.1 Å². The number of anilines is 1. The molecule has 1 aliphatic rings. The molecule has 1 saturated heterocycles. The zero-order valence-electron chi connectivity index (χ0n) is 13.7. The molecule has 0 saturated carbocycles. The Hall–Kier alpha value is -2.53. The molecule has 0 spiro atoms. The summed E-state index contributed by atoms with van der Waals surface area (Å²) >= 11 is 0. The molecule has 24 heavy (non-hydrogen) atoms. The van der Waals surface area contributed by atoms with Crippen molar-refractivity contribution < 1.29 is 14.6 Å². The number of ether oxygens (including phenoxy) is 1. The number of urea groups is 1. The maximum absolute atomic E-state index is 12.3. The monoisotopic (exact) mass is 326 g/mol. The second-order valence-electron chi connectivity index (χ2n) is 6.11. The summed E-state index contributed by atoms with van der Waals surface area (Å²) in [7, 11) is 0. The molecule has 1 heterocycles. The molecule has 0 radical (unpaired) electrons. The van der Waals surface area contributed by atoms with Gasteiger partial charge in [-0.2, -0.15) is 0 Å². The van der Waals surface area contributed by atoms with Crippen molar-refractivity contribution in [3.05, 3.63) is 54.6 Å². The number of aliphatic hydroxyl groups excluding tert-OH is 1. The van der Waals surface area contributed by atoms with E-state index in [4.69, 9.17) is 4.74 Å². The molecule has 0 aliphatic carbocycles. The van der Waals surface area contributed by atoms with E-state index in [2.05, 4.69) is 5.32 Å². The SMILES string of the molecule is C[C@@H](O)[C@@H]1CCN(C(=O)Nc2cccc(Oc3ccccc3)c2)C1. The largest absolute Gasteiger partial charge is 0.457 e. The van der Waals surface area contributed by atoms with Gasteiger partial charge in [-0.3, -0.25) is 0 Å². The number of benzene rings is 2. The minimum absolute atomic E-state index is 0.144. The Labute approximate surface area is 141 Å². The van der Waals surface area contributed by atoms with Gasteiger partial charge in [0.15, 0.2) is 0 Å². The second kappa shape index (κ2) is 7.36. The summed E-state index contributed by atoms with van der Waals surface area (Å²) in [5.41, 5.74) is 0.689. The van der Waals surface area contributed by atoms with Crippen LogP contribution in [-0.4, -0.2) is 35.2 Å².